The number of carbonyl (C=O) groups excluding carboxylic acids is 1. The average Bonchev–Trinajstić information content (AvgIpc) is 3.36. The van der Waals surface area contributed by atoms with Gasteiger partial charge in [-0.3, -0.25) is 13.8 Å². The Morgan fingerprint density at radius 3 is 1.07 bits per heavy atom. The summed E-state index contributed by atoms with van der Waals surface area (Å²) in [6.07, 6.45) is 74.6. The Bertz CT molecular complexity index is 1300. The van der Waals surface area contributed by atoms with E-state index in [1.165, 1.54) is 250 Å². The zero-order valence-electron chi connectivity index (χ0n) is 50.1. The molecule has 0 aliphatic heterocycles. The van der Waals surface area contributed by atoms with Crippen LogP contribution in [0.1, 0.15) is 322 Å². The molecule has 3 atom stereocenters. The molecule has 0 radical (unpaired) electrons. The van der Waals surface area contributed by atoms with Crippen LogP contribution in [0.5, 0.6) is 0 Å². The van der Waals surface area contributed by atoms with E-state index < -0.39 is 20.0 Å². The Hall–Kier alpha value is -1.28. The molecule has 0 heterocycles. The maximum atomic E-state index is 13.0. The van der Waals surface area contributed by atoms with Gasteiger partial charge in [0, 0.05) is 6.42 Å². The summed E-state index contributed by atoms with van der Waals surface area (Å²) in [5.74, 6) is -0.187. The number of unbranched alkanes of at least 4 members (excludes halogenated alkanes) is 43. The third kappa shape index (κ3) is 58.4. The first-order chi connectivity index (χ1) is 36.0. The molecule has 0 rings (SSSR count). The number of quaternary nitrogens is 1. The normalized spacial score (nSPS) is 14.0. The quantitative estimate of drug-likeness (QED) is 0.0243. The Morgan fingerprint density at radius 1 is 0.446 bits per heavy atom. The zero-order chi connectivity index (χ0) is 54.2. The second kappa shape index (κ2) is 56.4. The molecule has 0 fully saturated rings. The number of carbonyl (C=O) groups is 1. The van der Waals surface area contributed by atoms with Crippen molar-refractivity contribution >= 4 is 13.7 Å². The largest absolute Gasteiger partial charge is 0.472 e. The fraction of sp³-hybridized carbons (Fsp3) is 0.892. The minimum Gasteiger partial charge on any atom is -0.387 e. The van der Waals surface area contributed by atoms with E-state index in [0.717, 1.165) is 51.4 Å². The highest BCUT2D eigenvalue weighted by molar-refractivity contribution is 7.47. The lowest BCUT2D eigenvalue weighted by molar-refractivity contribution is -0.870. The maximum Gasteiger partial charge on any atom is 0.472 e. The van der Waals surface area contributed by atoms with Crippen LogP contribution in [0.4, 0.5) is 0 Å². The second-order valence-corrected chi connectivity index (χ2v) is 24.9. The zero-order valence-corrected chi connectivity index (χ0v) is 51.0. The lowest BCUT2D eigenvalue weighted by atomic mass is 10.0. The fourth-order valence-corrected chi connectivity index (χ4v) is 10.5. The van der Waals surface area contributed by atoms with Gasteiger partial charge in [-0.2, -0.15) is 0 Å². The van der Waals surface area contributed by atoms with Gasteiger partial charge >= 0.3 is 7.82 Å². The van der Waals surface area contributed by atoms with Crippen LogP contribution in [0, 0.1) is 0 Å². The number of phosphoric ester groups is 1. The monoisotopic (exact) mass is 1060 g/mol. The summed E-state index contributed by atoms with van der Waals surface area (Å²) in [5.41, 5.74) is 0. The number of nitrogens with one attached hydrogen (secondary N) is 1. The molecule has 3 unspecified atom stereocenters. The number of allylic oxidation sites excluding steroid dienone is 5. The molecule has 0 saturated carbocycles. The van der Waals surface area contributed by atoms with E-state index in [4.69, 9.17) is 9.05 Å². The number of amides is 1. The summed E-state index contributed by atoms with van der Waals surface area (Å²) in [4.78, 5) is 23.2. The van der Waals surface area contributed by atoms with Crippen LogP contribution in [-0.4, -0.2) is 73.4 Å². The van der Waals surface area contributed by atoms with Crippen molar-refractivity contribution in [1.82, 2.24) is 5.32 Å². The standard InChI is InChI=1S/C65H127N2O6P/c1-6-8-10-12-14-16-18-20-21-22-23-24-25-26-27-28-29-30-31-32-33-34-35-36-37-38-39-40-41-42-43-44-45-46-47-49-51-53-55-57-59-65(69)66-63(62-73-74(70,71)72-61-60-67(3,4)5)64(68)58-56-54-52-50-48-19-17-15-13-11-9-7-2/h13,15,48,50,56,58,63-64,68H,6-12,14,16-47,49,51-55,57,59-62H2,1-5H3,(H-,66,69,70,71)/p+1/b15-13+,50-48+,58-56+. The van der Waals surface area contributed by atoms with Crippen molar-refractivity contribution in [2.45, 2.75) is 334 Å². The van der Waals surface area contributed by atoms with E-state index in [-0.39, 0.29) is 19.1 Å². The van der Waals surface area contributed by atoms with Crippen molar-refractivity contribution in [1.29, 1.82) is 0 Å². The van der Waals surface area contributed by atoms with E-state index in [2.05, 4.69) is 43.5 Å². The van der Waals surface area contributed by atoms with Crippen molar-refractivity contribution in [3.63, 3.8) is 0 Å². The highest BCUT2D eigenvalue weighted by Crippen LogP contribution is 2.43. The van der Waals surface area contributed by atoms with Gasteiger partial charge < -0.3 is 19.8 Å². The van der Waals surface area contributed by atoms with Crippen molar-refractivity contribution in [2.24, 2.45) is 0 Å². The predicted molar refractivity (Wildman–Crippen MR) is 323 cm³/mol. The molecular weight excluding hydrogens is 936 g/mol. The lowest BCUT2D eigenvalue weighted by Crippen LogP contribution is -2.45. The first-order valence-corrected chi connectivity index (χ1v) is 33.9. The molecule has 0 aromatic rings. The molecule has 0 bridgehead atoms. The number of hydrogen-bond acceptors (Lipinski definition) is 5. The third-order valence-corrected chi connectivity index (χ3v) is 15.8. The highest BCUT2D eigenvalue weighted by atomic mass is 31.2. The van der Waals surface area contributed by atoms with Crippen molar-refractivity contribution in [2.75, 3.05) is 40.9 Å². The number of nitrogens with zero attached hydrogens (tertiary/aromatic N) is 1. The minimum absolute atomic E-state index is 0.0548. The molecule has 74 heavy (non-hydrogen) atoms. The van der Waals surface area contributed by atoms with Crippen LogP contribution in [0.15, 0.2) is 36.5 Å². The summed E-state index contributed by atoms with van der Waals surface area (Å²) in [7, 11) is 1.55. The molecule has 1 amide bonds. The van der Waals surface area contributed by atoms with Gasteiger partial charge in [-0.05, 0) is 38.5 Å². The summed E-state index contributed by atoms with van der Waals surface area (Å²) in [5, 5.41) is 13.9. The minimum atomic E-state index is -4.35. The number of hydrogen-bond donors (Lipinski definition) is 3. The lowest BCUT2D eigenvalue weighted by Gasteiger charge is -2.25. The van der Waals surface area contributed by atoms with Crippen molar-refractivity contribution in [3.05, 3.63) is 36.5 Å². The van der Waals surface area contributed by atoms with Crippen molar-refractivity contribution in [3.8, 4) is 0 Å². The predicted octanol–water partition coefficient (Wildman–Crippen LogP) is 20.1. The van der Waals surface area contributed by atoms with Gasteiger partial charge in [0.25, 0.3) is 0 Å². The molecule has 8 nitrogen and oxygen atoms in total. The first-order valence-electron chi connectivity index (χ1n) is 32.4. The Labute approximate surface area is 461 Å². The second-order valence-electron chi connectivity index (χ2n) is 23.5. The van der Waals surface area contributed by atoms with Gasteiger partial charge in [0.2, 0.25) is 5.91 Å². The average molecular weight is 1060 g/mol. The molecule has 0 aliphatic carbocycles. The number of phosphoric acid groups is 1. The number of aliphatic hydroxyl groups is 1. The molecule has 0 saturated heterocycles. The number of rotatable bonds is 60. The Morgan fingerprint density at radius 2 is 0.743 bits per heavy atom. The fourth-order valence-electron chi connectivity index (χ4n) is 9.77. The molecule has 0 aromatic heterocycles. The van der Waals surface area contributed by atoms with Gasteiger partial charge in [-0.15, -0.1) is 0 Å². The smallest absolute Gasteiger partial charge is 0.387 e. The summed E-state index contributed by atoms with van der Waals surface area (Å²) >= 11 is 0. The molecule has 9 heteroatoms. The summed E-state index contributed by atoms with van der Waals surface area (Å²) in [6.45, 7) is 4.77. The van der Waals surface area contributed by atoms with Crippen LogP contribution in [0.3, 0.4) is 0 Å². The SMILES string of the molecule is CCCC/C=C/CC/C=C/CC/C=C/C(O)C(COP(=O)(O)OCC[N+](C)(C)C)NC(=O)CCCCCCCCCCCCCCCCCCCCCCCCCCCCCCCCCCCCCCCCCC. The third-order valence-electron chi connectivity index (χ3n) is 14.8. The Balaban J connectivity index is 3.81. The molecule has 0 aliphatic rings. The Kier molecular flexibility index (Phi) is 55.5. The van der Waals surface area contributed by atoms with Gasteiger partial charge in [-0.1, -0.05) is 314 Å². The van der Waals surface area contributed by atoms with Crippen LogP contribution in [0.2, 0.25) is 0 Å². The van der Waals surface area contributed by atoms with Gasteiger partial charge in [0.05, 0.1) is 39.9 Å². The van der Waals surface area contributed by atoms with Crippen LogP contribution in [0.25, 0.3) is 0 Å². The summed E-state index contributed by atoms with van der Waals surface area (Å²) in [6, 6.07) is -0.867. The molecule has 3 N–H and O–H groups in total. The number of likely N-dealkylation sites (N-methyl/N-ethyl adjacent to an activating group) is 1. The van der Waals surface area contributed by atoms with Crippen LogP contribution >= 0.6 is 7.82 Å². The molecule has 438 valence electrons. The van der Waals surface area contributed by atoms with Crippen LogP contribution < -0.4 is 5.32 Å². The number of aliphatic hydroxyl groups excluding tert-OH is 1. The molecular formula is C65H128N2O6P+. The molecule has 0 spiro atoms. The molecule has 0 aromatic carbocycles. The van der Waals surface area contributed by atoms with Crippen molar-refractivity contribution < 1.29 is 32.9 Å². The maximum absolute atomic E-state index is 13.0. The first kappa shape index (κ1) is 72.7. The van der Waals surface area contributed by atoms with E-state index in [9.17, 15) is 19.4 Å². The van der Waals surface area contributed by atoms with Gasteiger partial charge in [0.15, 0.2) is 0 Å². The van der Waals surface area contributed by atoms with Gasteiger partial charge in [0.1, 0.15) is 13.2 Å². The van der Waals surface area contributed by atoms with Crippen LogP contribution in [-0.2, 0) is 18.4 Å². The van der Waals surface area contributed by atoms with Gasteiger partial charge in [-0.25, -0.2) is 4.57 Å². The van der Waals surface area contributed by atoms with E-state index in [1.807, 2.05) is 27.2 Å². The van der Waals surface area contributed by atoms with E-state index in [0.29, 0.717) is 17.4 Å². The van der Waals surface area contributed by atoms with E-state index >= 15 is 0 Å². The van der Waals surface area contributed by atoms with E-state index in [1.54, 1.807) is 6.08 Å². The highest BCUT2D eigenvalue weighted by Gasteiger charge is 2.27. The summed E-state index contributed by atoms with van der Waals surface area (Å²) < 4.78 is 23.6. The topological polar surface area (TPSA) is 105 Å².